The number of halogens is 3. The average molecular weight is 391 g/mol. The SMILES string of the molecule is OCCNc1nc(Nc2cccc(OC(F)(F)F)c2)cc(-c2cccnc2)n1. The first-order valence-electron chi connectivity index (χ1n) is 8.20. The minimum absolute atomic E-state index is 0.111. The molecule has 28 heavy (non-hydrogen) atoms. The molecule has 0 bridgehead atoms. The van der Waals surface area contributed by atoms with Crippen molar-refractivity contribution in [1.29, 1.82) is 0 Å². The Balaban J connectivity index is 1.89. The molecular formula is C18H16F3N5O2. The summed E-state index contributed by atoms with van der Waals surface area (Å²) in [5.74, 6) is 0.247. The molecule has 146 valence electrons. The summed E-state index contributed by atoms with van der Waals surface area (Å²) in [5.41, 5.74) is 1.63. The number of anilines is 3. The molecule has 1 aromatic carbocycles. The molecule has 0 unspecified atom stereocenters. The second-order valence-electron chi connectivity index (χ2n) is 5.55. The van der Waals surface area contributed by atoms with Gasteiger partial charge in [0.25, 0.3) is 0 Å². The number of hydrogen-bond acceptors (Lipinski definition) is 7. The van der Waals surface area contributed by atoms with Crippen molar-refractivity contribution in [3.8, 4) is 17.0 Å². The average Bonchev–Trinajstić information content (AvgIpc) is 2.66. The van der Waals surface area contributed by atoms with E-state index in [2.05, 4.69) is 30.3 Å². The third-order valence-electron chi connectivity index (χ3n) is 3.42. The van der Waals surface area contributed by atoms with Crippen molar-refractivity contribution in [2.24, 2.45) is 0 Å². The zero-order valence-electron chi connectivity index (χ0n) is 14.4. The Morgan fingerprint density at radius 1 is 1.07 bits per heavy atom. The second kappa shape index (κ2) is 8.53. The largest absolute Gasteiger partial charge is 0.573 e. The fourth-order valence-electron chi connectivity index (χ4n) is 2.34. The molecule has 0 aliphatic heterocycles. The first kappa shape index (κ1) is 19.4. The lowest BCUT2D eigenvalue weighted by Crippen LogP contribution is -2.17. The van der Waals surface area contributed by atoms with E-state index >= 15 is 0 Å². The van der Waals surface area contributed by atoms with Crippen LogP contribution in [0.15, 0.2) is 54.9 Å². The molecule has 0 fully saturated rings. The highest BCUT2D eigenvalue weighted by Crippen LogP contribution is 2.27. The lowest BCUT2D eigenvalue weighted by molar-refractivity contribution is -0.274. The van der Waals surface area contributed by atoms with Gasteiger partial charge in [0.1, 0.15) is 11.6 Å². The number of hydrogen-bond donors (Lipinski definition) is 3. The van der Waals surface area contributed by atoms with Crippen LogP contribution in [0.3, 0.4) is 0 Å². The van der Waals surface area contributed by atoms with Crippen LogP contribution in [0.2, 0.25) is 0 Å². The van der Waals surface area contributed by atoms with Gasteiger partial charge in [-0.1, -0.05) is 6.07 Å². The molecule has 7 nitrogen and oxygen atoms in total. The van der Waals surface area contributed by atoms with Gasteiger partial charge < -0.3 is 20.5 Å². The highest BCUT2D eigenvalue weighted by Gasteiger charge is 2.31. The number of alkyl halides is 3. The van der Waals surface area contributed by atoms with Crippen molar-refractivity contribution in [2.75, 3.05) is 23.8 Å². The lowest BCUT2D eigenvalue weighted by Gasteiger charge is -2.13. The Labute approximate surface area is 158 Å². The lowest BCUT2D eigenvalue weighted by atomic mass is 10.2. The fraction of sp³-hybridized carbons (Fsp3) is 0.167. The molecule has 2 aromatic heterocycles. The molecule has 3 N–H and O–H groups in total. The summed E-state index contributed by atoms with van der Waals surface area (Å²) in [4.78, 5) is 12.7. The van der Waals surface area contributed by atoms with Crippen LogP contribution in [-0.4, -0.2) is 39.6 Å². The van der Waals surface area contributed by atoms with Crippen molar-refractivity contribution in [3.05, 3.63) is 54.9 Å². The zero-order valence-corrected chi connectivity index (χ0v) is 14.4. The predicted octanol–water partition coefficient (Wildman–Crippen LogP) is 3.59. The molecule has 0 radical (unpaired) electrons. The van der Waals surface area contributed by atoms with Crippen molar-refractivity contribution < 1.29 is 23.0 Å². The molecule has 0 amide bonds. The highest BCUT2D eigenvalue weighted by molar-refractivity contribution is 5.67. The van der Waals surface area contributed by atoms with Crippen molar-refractivity contribution >= 4 is 17.5 Å². The second-order valence-corrected chi connectivity index (χ2v) is 5.55. The van der Waals surface area contributed by atoms with Crippen LogP contribution in [0.1, 0.15) is 0 Å². The summed E-state index contributed by atoms with van der Waals surface area (Å²) in [5, 5.41) is 14.8. The molecule has 0 saturated heterocycles. The van der Waals surface area contributed by atoms with E-state index in [9.17, 15) is 13.2 Å². The van der Waals surface area contributed by atoms with Gasteiger partial charge in [-0.2, -0.15) is 4.98 Å². The van der Waals surface area contributed by atoms with Crippen molar-refractivity contribution in [2.45, 2.75) is 6.36 Å². The zero-order chi connectivity index (χ0) is 20.0. The molecule has 10 heteroatoms. The number of benzene rings is 1. The normalized spacial score (nSPS) is 11.1. The van der Waals surface area contributed by atoms with Gasteiger partial charge >= 0.3 is 6.36 Å². The Bertz CT molecular complexity index is 923. The van der Waals surface area contributed by atoms with Crippen molar-refractivity contribution in [1.82, 2.24) is 15.0 Å². The standard InChI is InChI=1S/C18H16F3N5O2/c19-18(20,21)28-14-5-1-4-13(9-14)24-16-10-15(12-3-2-6-22-11-12)25-17(26-16)23-7-8-27/h1-6,9-11,27H,7-8H2,(H2,23,24,25,26). The maximum Gasteiger partial charge on any atom is 0.573 e. The molecule has 0 atom stereocenters. The first-order chi connectivity index (χ1) is 13.4. The number of pyridine rings is 1. The van der Waals surface area contributed by atoms with Crippen LogP contribution >= 0.6 is 0 Å². The van der Waals surface area contributed by atoms with E-state index in [4.69, 9.17) is 5.11 Å². The molecule has 2 heterocycles. The van der Waals surface area contributed by atoms with Gasteiger partial charge in [0.2, 0.25) is 5.95 Å². The Morgan fingerprint density at radius 2 is 1.93 bits per heavy atom. The number of ether oxygens (including phenoxy) is 1. The van der Waals surface area contributed by atoms with Gasteiger partial charge in [0.15, 0.2) is 0 Å². The first-order valence-corrected chi connectivity index (χ1v) is 8.20. The van der Waals surface area contributed by atoms with Gasteiger partial charge in [-0.3, -0.25) is 4.98 Å². The van der Waals surface area contributed by atoms with Gasteiger partial charge in [-0.25, -0.2) is 4.98 Å². The van der Waals surface area contributed by atoms with E-state index in [0.717, 1.165) is 5.56 Å². The number of aromatic nitrogens is 3. The van der Waals surface area contributed by atoms with Gasteiger partial charge in [0, 0.05) is 42.3 Å². The van der Waals surface area contributed by atoms with Crippen LogP contribution in [-0.2, 0) is 0 Å². The van der Waals surface area contributed by atoms with Gasteiger partial charge in [-0.15, -0.1) is 13.2 Å². The maximum absolute atomic E-state index is 12.4. The maximum atomic E-state index is 12.4. The predicted molar refractivity (Wildman–Crippen MR) is 97.2 cm³/mol. The third kappa shape index (κ3) is 5.55. The van der Waals surface area contributed by atoms with Gasteiger partial charge in [0.05, 0.1) is 12.3 Å². The topological polar surface area (TPSA) is 92.2 Å². The van der Waals surface area contributed by atoms with E-state index in [0.29, 0.717) is 17.2 Å². The Kier molecular flexibility index (Phi) is 5.90. The molecular weight excluding hydrogens is 375 g/mol. The van der Waals surface area contributed by atoms with Crippen LogP contribution in [0.4, 0.5) is 30.6 Å². The summed E-state index contributed by atoms with van der Waals surface area (Å²) in [7, 11) is 0. The monoisotopic (exact) mass is 391 g/mol. The minimum atomic E-state index is -4.78. The minimum Gasteiger partial charge on any atom is -0.406 e. The van der Waals surface area contributed by atoms with Gasteiger partial charge in [-0.05, 0) is 24.3 Å². The quantitative estimate of drug-likeness (QED) is 0.567. The molecule has 0 spiro atoms. The molecule has 3 aromatic rings. The number of rotatable bonds is 7. The fourth-order valence-corrected chi connectivity index (χ4v) is 2.34. The van der Waals surface area contributed by atoms with Crippen molar-refractivity contribution in [3.63, 3.8) is 0 Å². The Hall–Kier alpha value is -3.40. The van der Waals surface area contributed by atoms with E-state index < -0.39 is 6.36 Å². The van der Waals surface area contributed by atoms with Crippen LogP contribution in [0, 0.1) is 0 Å². The number of aliphatic hydroxyl groups excluding tert-OH is 1. The Morgan fingerprint density at radius 3 is 2.64 bits per heavy atom. The van der Waals surface area contributed by atoms with Crippen LogP contribution in [0.5, 0.6) is 5.75 Å². The van der Waals surface area contributed by atoms with E-state index in [1.807, 2.05) is 6.07 Å². The summed E-state index contributed by atoms with van der Waals surface area (Å²) in [6.45, 7) is 0.130. The molecule has 0 aliphatic rings. The molecule has 3 rings (SSSR count). The highest BCUT2D eigenvalue weighted by atomic mass is 19.4. The number of aliphatic hydroxyl groups is 1. The summed E-state index contributed by atoms with van der Waals surface area (Å²) in [6, 6.07) is 10.6. The third-order valence-corrected chi connectivity index (χ3v) is 3.42. The molecule has 0 saturated carbocycles. The smallest absolute Gasteiger partial charge is 0.406 e. The van der Waals surface area contributed by atoms with E-state index in [-0.39, 0.29) is 24.8 Å². The number of nitrogens with one attached hydrogen (secondary N) is 2. The number of nitrogens with zero attached hydrogens (tertiary/aromatic N) is 3. The van der Waals surface area contributed by atoms with Crippen LogP contribution < -0.4 is 15.4 Å². The summed E-state index contributed by atoms with van der Waals surface area (Å²) >= 11 is 0. The molecule has 0 aliphatic carbocycles. The van der Waals surface area contributed by atoms with Crippen LogP contribution in [0.25, 0.3) is 11.3 Å². The van der Waals surface area contributed by atoms with E-state index in [1.54, 1.807) is 30.6 Å². The summed E-state index contributed by atoms with van der Waals surface area (Å²) in [6.07, 6.45) is -1.52. The van der Waals surface area contributed by atoms with E-state index in [1.165, 1.54) is 18.2 Å². The summed E-state index contributed by atoms with van der Waals surface area (Å²) < 4.78 is 41.2.